The standard InChI is InChI=1S/C15H20N2O2/c1-14(2)9-11(17-13(18)15(16)7-8-15)10-5-3-4-6-12(10)19-14/h3-6,11H,7-9,16H2,1-2H3,(H,17,18). The first-order valence-corrected chi connectivity index (χ1v) is 6.77. The number of rotatable bonds is 2. The minimum atomic E-state index is -0.628. The van der Waals surface area contributed by atoms with Crippen LogP contribution in [0.5, 0.6) is 5.75 Å². The predicted octanol–water partition coefficient (Wildman–Crippen LogP) is 1.90. The van der Waals surface area contributed by atoms with E-state index in [-0.39, 0.29) is 17.6 Å². The number of nitrogens with two attached hydrogens (primary N) is 1. The van der Waals surface area contributed by atoms with Gasteiger partial charge in [0.05, 0.1) is 11.6 Å². The molecule has 3 rings (SSSR count). The lowest BCUT2D eigenvalue weighted by atomic mass is 9.89. The number of nitrogens with one attached hydrogen (secondary N) is 1. The highest BCUT2D eigenvalue weighted by Gasteiger charge is 2.47. The van der Waals surface area contributed by atoms with Gasteiger partial charge in [-0.15, -0.1) is 0 Å². The number of ether oxygens (including phenoxy) is 1. The summed E-state index contributed by atoms with van der Waals surface area (Å²) in [7, 11) is 0. The van der Waals surface area contributed by atoms with Gasteiger partial charge in [0.2, 0.25) is 5.91 Å². The first-order valence-electron chi connectivity index (χ1n) is 6.77. The van der Waals surface area contributed by atoms with Crippen molar-refractivity contribution in [2.75, 3.05) is 0 Å². The van der Waals surface area contributed by atoms with Crippen LogP contribution >= 0.6 is 0 Å². The molecular formula is C15H20N2O2. The summed E-state index contributed by atoms with van der Waals surface area (Å²) < 4.78 is 5.95. The van der Waals surface area contributed by atoms with Gasteiger partial charge in [0.25, 0.3) is 0 Å². The molecule has 0 bridgehead atoms. The van der Waals surface area contributed by atoms with E-state index in [2.05, 4.69) is 5.32 Å². The Bertz CT molecular complexity index is 521. The summed E-state index contributed by atoms with van der Waals surface area (Å²) in [4.78, 5) is 12.1. The van der Waals surface area contributed by atoms with Crippen molar-refractivity contribution in [1.29, 1.82) is 0 Å². The van der Waals surface area contributed by atoms with Crippen LogP contribution in [-0.4, -0.2) is 17.0 Å². The van der Waals surface area contributed by atoms with Crippen molar-refractivity contribution in [3.8, 4) is 5.75 Å². The molecule has 4 heteroatoms. The quantitative estimate of drug-likeness (QED) is 0.853. The van der Waals surface area contributed by atoms with Crippen molar-refractivity contribution in [3.05, 3.63) is 29.8 Å². The molecule has 0 saturated heterocycles. The number of carbonyl (C=O) groups excluding carboxylic acids is 1. The third-order valence-electron chi connectivity index (χ3n) is 3.92. The van der Waals surface area contributed by atoms with E-state index in [9.17, 15) is 4.79 Å². The maximum absolute atomic E-state index is 12.1. The molecule has 1 atom stereocenters. The summed E-state index contributed by atoms with van der Waals surface area (Å²) >= 11 is 0. The summed E-state index contributed by atoms with van der Waals surface area (Å²) in [6.07, 6.45) is 2.33. The monoisotopic (exact) mass is 260 g/mol. The van der Waals surface area contributed by atoms with Crippen LogP contribution in [0.2, 0.25) is 0 Å². The molecule has 102 valence electrons. The third kappa shape index (κ3) is 2.32. The molecule has 0 radical (unpaired) electrons. The summed E-state index contributed by atoms with van der Waals surface area (Å²) in [6, 6.07) is 7.85. The number of hydrogen-bond acceptors (Lipinski definition) is 3. The molecule has 1 aromatic rings. The van der Waals surface area contributed by atoms with E-state index >= 15 is 0 Å². The predicted molar refractivity (Wildman–Crippen MR) is 72.8 cm³/mol. The van der Waals surface area contributed by atoms with E-state index in [0.29, 0.717) is 0 Å². The number of carbonyl (C=O) groups is 1. The Labute approximate surface area is 113 Å². The number of benzene rings is 1. The minimum absolute atomic E-state index is 0.0199. The SMILES string of the molecule is CC1(C)CC(NC(=O)C2(N)CC2)c2ccccc2O1. The molecule has 1 fully saturated rings. The van der Waals surface area contributed by atoms with E-state index in [1.807, 2.05) is 38.1 Å². The summed E-state index contributed by atoms with van der Waals surface area (Å²) in [6.45, 7) is 4.08. The van der Waals surface area contributed by atoms with Crippen LogP contribution in [0.1, 0.15) is 44.7 Å². The Hall–Kier alpha value is -1.55. The minimum Gasteiger partial charge on any atom is -0.487 e. The molecule has 0 spiro atoms. The van der Waals surface area contributed by atoms with Crippen LogP contribution in [0.25, 0.3) is 0 Å². The van der Waals surface area contributed by atoms with Gasteiger partial charge in [-0.1, -0.05) is 18.2 Å². The molecule has 19 heavy (non-hydrogen) atoms. The van der Waals surface area contributed by atoms with E-state index in [0.717, 1.165) is 30.6 Å². The van der Waals surface area contributed by atoms with Gasteiger partial charge in [0, 0.05) is 12.0 Å². The molecule has 1 aliphatic carbocycles. The zero-order valence-corrected chi connectivity index (χ0v) is 11.4. The molecule has 1 amide bonds. The van der Waals surface area contributed by atoms with Crippen molar-refractivity contribution >= 4 is 5.91 Å². The van der Waals surface area contributed by atoms with Crippen molar-refractivity contribution in [3.63, 3.8) is 0 Å². The maximum atomic E-state index is 12.1. The Morgan fingerprint density at radius 1 is 1.37 bits per heavy atom. The molecule has 3 N–H and O–H groups in total. The summed E-state index contributed by atoms with van der Waals surface area (Å²) in [5.41, 5.74) is 6.08. The molecule has 1 aliphatic heterocycles. The second-order valence-electron chi connectivity index (χ2n) is 6.29. The van der Waals surface area contributed by atoms with Crippen molar-refractivity contribution < 1.29 is 9.53 Å². The fourth-order valence-electron chi connectivity index (χ4n) is 2.59. The van der Waals surface area contributed by atoms with Crippen LogP contribution in [0.15, 0.2) is 24.3 Å². The number of hydrogen-bond donors (Lipinski definition) is 2. The number of fused-ring (bicyclic) bond motifs is 1. The summed E-state index contributed by atoms with van der Waals surface area (Å²) in [5, 5.41) is 3.09. The maximum Gasteiger partial charge on any atom is 0.240 e. The van der Waals surface area contributed by atoms with Crippen LogP contribution in [-0.2, 0) is 4.79 Å². The van der Waals surface area contributed by atoms with Gasteiger partial charge in [0.1, 0.15) is 11.4 Å². The molecule has 0 aromatic heterocycles. The Balaban J connectivity index is 1.86. The lowest BCUT2D eigenvalue weighted by Gasteiger charge is -2.38. The Morgan fingerprint density at radius 2 is 2.05 bits per heavy atom. The Kier molecular flexibility index (Phi) is 2.61. The highest BCUT2D eigenvalue weighted by atomic mass is 16.5. The second-order valence-corrected chi connectivity index (χ2v) is 6.29. The fraction of sp³-hybridized carbons (Fsp3) is 0.533. The van der Waals surface area contributed by atoms with Crippen LogP contribution in [0, 0.1) is 0 Å². The van der Waals surface area contributed by atoms with Gasteiger partial charge in [-0.25, -0.2) is 0 Å². The van der Waals surface area contributed by atoms with Gasteiger partial charge >= 0.3 is 0 Å². The van der Waals surface area contributed by atoms with Gasteiger partial charge in [0.15, 0.2) is 0 Å². The molecule has 4 nitrogen and oxygen atoms in total. The van der Waals surface area contributed by atoms with Crippen molar-refractivity contribution in [2.24, 2.45) is 5.73 Å². The fourth-order valence-corrected chi connectivity index (χ4v) is 2.59. The van der Waals surface area contributed by atoms with Crippen LogP contribution in [0.4, 0.5) is 0 Å². The first-order chi connectivity index (χ1) is 8.90. The number of amides is 1. The largest absolute Gasteiger partial charge is 0.487 e. The normalized spacial score (nSPS) is 25.9. The topological polar surface area (TPSA) is 64.4 Å². The average molecular weight is 260 g/mol. The van der Waals surface area contributed by atoms with Gasteiger partial charge in [-0.3, -0.25) is 4.79 Å². The average Bonchev–Trinajstić information content (AvgIpc) is 3.07. The lowest BCUT2D eigenvalue weighted by Crippen LogP contribution is -2.47. The van der Waals surface area contributed by atoms with E-state index in [4.69, 9.17) is 10.5 Å². The van der Waals surface area contributed by atoms with E-state index in [1.54, 1.807) is 0 Å². The summed E-state index contributed by atoms with van der Waals surface area (Å²) in [5.74, 6) is 0.816. The highest BCUT2D eigenvalue weighted by Crippen LogP contribution is 2.40. The van der Waals surface area contributed by atoms with E-state index in [1.165, 1.54) is 0 Å². The van der Waals surface area contributed by atoms with Gasteiger partial charge in [-0.2, -0.15) is 0 Å². The molecule has 2 aliphatic rings. The molecule has 1 aromatic carbocycles. The molecular weight excluding hydrogens is 240 g/mol. The van der Waals surface area contributed by atoms with Crippen molar-refractivity contribution in [1.82, 2.24) is 5.32 Å². The first kappa shape index (κ1) is 12.5. The van der Waals surface area contributed by atoms with Crippen LogP contribution < -0.4 is 15.8 Å². The van der Waals surface area contributed by atoms with Gasteiger partial charge < -0.3 is 15.8 Å². The van der Waals surface area contributed by atoms with Gasteiger partial charge in [-0.05, 0) is 32.8 Å². The zero-order valence-electron chi connectivity index (χ0n) is 11.4. The Morgan fingerprint density at radius 3 is 2.74 bits per heavy atom. The van der Waals surface area contributed by atoms with E-state index < -0.39 is 5.54 Å². The zero-order chi connectivity index (χ0) is 13.7. The molecule has 1 unspecified atom stereocenters. The third-order valence-corrected chi connectivity index (χ3v) is 3.92. The second kappa shape index (κ2) is 3.97. The number of para-hydroxylation sites is 1. The smallest absolute Gasteiger partial charge is 0.240 e. The van der Waals surface area contributed by atoms with Crippen molar-refractivity contribution in [2.45, 2.75) is 50.3 Å². The van der Waals surface area contributed by atoms with Crippen LogP contribution in [0.3, 0.4) is 0 Å². The highest BCUT2D eigenvalue weighted by molar-refractivity contribution is 5.89. The molecule has 1 saturated carbocycles. The lowest BCUT2D eigenvalue weighted by molar-refractivity contribution is -0.124. The molecule has 1 heterocycles.